The van der Waals surface area contributed by atoms with Crippen LogP contribution >= 0.6 is 11.6 Å². The summed E-state index contributed by atoms with van der Waals surface area (Å²) in [6.45, 7) is 16.5. The van der Waals surface area contributed by atoms with E-state index >= 15 is 0 Å². The minimum absolute atomic E-state index is 0.00240. The van der Waals surface area contributed by atoms with Gasteiger partial charge in [-0.3, -0.25) is 19.2 Å². The number of hydrogen-bond donors (Lipinski definition) is 3. The number of anilines is 2. The lowest BCUT2D eigenvalue weighted by Crippen LogP contribution is -2.43. The number of nitriles is 1. The topological polar surface area (TPSA) is 181 Å². The van der Waals surface area contributed by atoms with Crippen LogP contribution in [0.15, 0.2) is 103 Å². The second-order valence-electron chi connectivity index (χ2n) is 19.5. The molecule has 0 bridgehead atoms. The largest absolute Gasteiger partial charge is 0.378 e. The van der Waals surface area contributed by atoms with Crippen LogP contribution in [-0.4, -0.2) is 127 Å². The zero-order chi connectivity index (χ0) is 52.3. The lowest BCUT2D eigenvalue weighted by Gasteiger charge is -2.39. The number of benzene rings is 4. The van der Waals surface area contributed by atoms with Gasteiger partial charge in [0.05, 0.1) is 78.0 Å². The first-order valence-corrected chi connectivity index (χ1v) is 25.5. The summed E-state index contributed by atoms with van der Waals surface area (Å²) in [5.41, 5.74) is 7.16. The number of ether oxygens (including phenoxy) is 5. The van der Waals surface area contributed by atoms with E-state index in [2.05, 4.69) is 35.0 Å². The van der Waals surface area contributed by atoms with Gasteiger partial charge in [0.2, 0.25) is 11.8 Å². The number of amides is 4. The number of carbonyl (C=O) groups excluding carboxylic acids is 4. The van der Waals surface area contributed by atoms with Crippen LogP contribution in [0.2, 0.25) is 5.02 Å². The van der Waals surface area contributed by atoms with Crippen LogP contribution in [0.1, 0.15) is 80.0 Å². The quantitative estimate of drug-likeness (QED) is 0.0330. The molecule has 0 unspecified atom stereocenters. The summed E-state index contributed by atoms with van der Waals surface area (Å²) in [6, 6.07) is 31.3. The highest BCUT2D eigenvalue weighted by Gasteiger charge is 2.41. The van der Waals surface area contributed by atoms with Crippen molar-refractivity contribution in [3.05, 3.63) is 130 Å². The zero-order valence-electron chi connectivity index (χ0n) is 43.0. The van der Waals surface area contributed by atoms with Crippen molar-refractivity contribution < 1.29 is 42.9 Å². The summed E-state index contributed by atoms with van der Waals surface area (Å²) in [6.07, 6.45) is 2.43. The Morgan fingerprint density at radius 2 is 1.34 bits per heavy atom. The predicted molar refractivity (Wildman–Crippen MR) is 284 cm³/mol. The third-order valence-corrected chi connectivity index (χ3v) is 12.8. The molecule has 4 aromatic rings. The van der Waals surface area contributed by atoms with E-state index in [0.29, 0.717) is 96.3 Å². The van der Waals surface area contributed by atoms with E-state index in [1.807, 2.05) is 118 Å². The van der Waals surface area contributed by atoms with Gasteiger partial charge in [-0.2, -0.15) is 5.26 Å². The number of aryl methyl sites for hydroxylation is 1. The van der Waals surface area contributed by atoms with Gasteiger partial charge in [0.1, 0.15) is 11.6 Å². The minimum Gasteiger partial charge on any atom is -0.378 e. The third-order valence-electron chi connectivity index (χ3n) is 12.6. The Bertz CT molecular complexity index is 2540. The number of likely N-dealkylation sites (tertiary alicyclic amines) is 1. The van der Waals surface area contributed by atoms with Crippen LogP contribution in [0.5, 0.6) is 0 Å². The van der Waals surface area contributed by atoms with Crippen LogP contribution in [-0.2, 0) is 38.1 Å². The summed E-state index contributed by atoms with van der Waals surface area (Å²) in [5.74, 6) is -1.36. The monoisotopic (exact) mass is 1020 g/mol. The second kappa shape index (κ2) is 27.8. The zero-order valence-corrected chi connectivity index (χ0v) is 43.8. The van der Waals surface area contributed by atoms with Gasteiger partial charge in [0, 0.05) is 67.0 Å². The van der Waals surface area contributed by atoms with Gasteiger partial charge in [-0.25, -0.2) is 0 Å². The molecule has 0 aromatic heterocycles. The van der Waals surface area contributed by atoms with Gasteiger partial charge in [-0.05, 0) is 96.5 Å². The molecule has 4 aromatic carbocycles. The Hall–Kier alpha value is -6.12. The Morgan fingerprint density at radius 3 is 1.92 bits per heavy atom. The molecule has 2 heterocycles. The van der Waals surface area contributed by atoms with E-state index in [1.165, 1.54) is 0 Å². The number of allylic oxidation sites excluding steroid dienone is 1. The number of rotatable bonds is 25. The maximum absolute atomic E-state index is 13.4. The second-order valence-corrected chi connectivity index (χ2v) is 19.9. The van der Waals surface area contributed by atoms with E-state index < -0.39 is 5.92 Å². The molecule has 4 amide bonds. The predicted octanol–water partition coefficient (Wildman–Crippen LogP) is 8.28. The van der Waals surface area contributed by atoms with E-state index in [4.69, 9.17) is 35.3 Å². The van der Waals surface area contributed by atoms with Gasteiger partial charge in [-0.1, -0.05) is 86.5 Å². The summed E-state index contributed by atoms with van der Waals surface area (Å²) >= 11 is 6.13. The lowest BCUT2D eigenvalue weighted by atomic mass is 9.87. The molecule has 0 spiro atoms. The van der Waals surface area contributed by atoms with Crippen LogP contribution in [0.25, 0.3) is 11.1 Å². The van der Waals surface area contributed by atoms with Gasteiger partial charge in [0.25, 0.3) is 11.8 Å². The highest BCUT2D eigenvalue weighted by Crippen LogP contribution is 2.41. The summed E-state index contributed by atoms with van der Waals surface area (Å²) < 4.78 is 28.1. The molecule has 3 N–H and O–H groups in total. The standard InChI is InChI=1S/C57H71ClN6O9/c1-39-8-7-9-45(32-39)50-37-63(56(68)46(36-59)35-57(4,5)6)38-51(50)55(67)61-21-23-70-25-27-72-29-31-73-30-28-71-26-24-69-22-20-60-54(66)43-12-10-42(11-13-43)44-14-19-53-49(34-44)52(33-40(2)64(53)41(3)65)62-48-17-15-47(58)16-18-48/h7-19,32,34-35,40,50-52,62H,20-31,33,37-38H2,1-6H3,(H,60,66)(H,61,67)/b46-35+/t40-,50-,51+,52+/m0/s1. The fourth-order valence-electron chi connectivity index (χ4n) is 9.14. The molecule has 2 aliphatic heterocycles. The third kappa shape index (κ3) is 17.0. The molecule has 16 heteroatoms. The van der Waals surface area contributed by atoms with E-state index in [9.17, 15) is 24.4 Å². The smallest absolute Gasteiger partial charge is 0.264 e. The molecular formula is C57H71ClN6O9. The first-order chi connectivity index (χ1) is 35.1. The lowest BCUT2D eigenvalue weighted by molar-refractivity contribution is -0.127. The number of carbonyl (C=O) groups is 4. The molecule has 2 aliphatic rings. The number of hydrogen-bond acceptors (Lipinski definition) is 11. The molecule has 6 rings (SSSR count). The Balaban J connectivity index is 0.782. The molecular weight excluding hydrogens is 948 g/mol. The van der Waals surface area contributed by atoms with E-state index in [1.54, 1.807) is 17.9 Å². The summed E-state index contributed by atoms with van der Waals surface area (Å²) in [4.78, 5) is 55.9. The Labute approximate surface area is 435 Å². The fraction of sp³-hybridized carbons (Fsp3) is 0.456. The Kier molecular flexibility index (Phi) is 21.4. The van der Waals surface area contributed by atoms with Gasteiger partial charge in [-0.15, -0.1) is 0 Å². The van der Waals surface area contributed by atoms with Crippen molar-refractivity contribution in [1.29, 1.82) is 5.26 Å². The SMILES string of the molecule is CC(=O)N1c2ccc(-c3ccc(C(=O)NCCOCCOCCOCCOCCOCCNC(=O)[C@@H]4CN(C(=O)/C(C#N)=C/C(C)(C)C)C[C@H]4c4cccc(C)c4)cc3)cc2[C@H](Nc2ccc(Cl)cc2)C[C@@H]1C. The normalized spacial score (nSPS) is 17.7. The van der Waals surface area contributed by atoms with Crippen molar-refractivity contribution in [3.8, 4) is 17.2 Å². The van der Waals surface area contributed by atoms with E-state index in [0.717, 1.165) is 45.6 Å². The molecule has 73 heavy (non-hydrogen) atoms. The molecule has 0 aliphatic carbocycles. The number of nitrogens with one attached hydrogen (secondary N) is 3. The van der Waals surface area contributed by atoms with Crippen LogP contribution in [0.4, 0.5) is 11.4 Å². The molecule has 0 saturated carbocycles. The van der Waals surface area contributed by atoms with Crippen molar-refractivity contribution in [1.82, 2.24) is 15.5 Å². The van der Waals surface area contributed by atoms with Crippen LogP contribution in [0.3, 0.4) is 0 Å². The summed E-state index contributed by atoms with van der Waals surface area (Å²) in [5, 5.41) is 19.9. The maximum atomic E-state index is 13.4. The van der Waals surface area contributed by atoms with Crippen molar-refractivity contribution >= 4 is 46.6 Å². The average molecular weight is 1020 g/mol. The number of nitrogens with zero attached hydrogens (tertiary/aromatic N) is 3. The van der Waals surface area contributed by atoms with E-state index in [-0.39, 0.29) is 59.2 Å². The van der Waals surface area contributed by atoms with Gasteiger partial charge in [0.15, 0.2) is 0 Å². The van der Waals surface area contributed by atoms with Crippen molar-refractivity contribution in [3.63, 3.8) is 0 Å². The van der Waals surface area contributed by atoms with Crippen LogP contribution < -0.4 is 20.9 Å². The Morgan fingerprint density at radius 1 is 0.753 bits per heavy atom. The molecule has 0 radical (unpaired) electrons. The molecule has 1 fully saturated rings. The molecule has 1 saturated heterocycles. The highest BCUT2D eigenvalue weighted by atomic mass is 35.5. The van der Waals surface area contributed by atoms with Crippen molar-refractivity contribution in [2.45, 2.75) is 66.0 Å². The fourth-order valence-corrected chi connectivity index (χ4v) is 9.26. The molecule has 15 nitrogen and oxygen atoms in total. The van der Waals surface area contributed by atoms with Crippen molar-refractivity contribution in [2.75, 3.05) is 102 Å². The van der Waals surface area contributed by atoms with Gasteiger partial charge < -0.3 is 49.4 Å². The van der Waals surface area contributed by atoms with Crippen molar-refractivity contribution in [2.24, 2.45) is 11.3 Å². The number of halogens is 1. The molecule has 390 valence electrons. The minimum atomic E-state index is -0.463. The number of fused-ring (bicyclic) bond motifs is 1. The van der Waals surface area contributed by atoms with Crippen LogP contribution in [0, 0.1) is 29.6 Å². The highest BCUT2D eigenvalue weighted by molar-refractivity contribution is 6.30. The first kappa shape index (κ1) is 56.2. The average Bonchev–Trinajstić information content (AvgIpc) is 3.82. The maximum Gasteiger partial charge on any atom is 0.264 e. The summed E-state index contributed by atoms with van der Waals surface area (Å²) in [7, 11) is 0. The molecule has 4 atom stereocenters. The first-order valence-electron chi connectivity index (χ1n) is 25.1. The van der Waals surface area contributed by atoms with Gasteiger partial charge >= 0.3 is 0 Å².